The van der Waals surface area contributed by atoms with Crippen molar-refractivity contribution < 1.29 is 9.18 Å². The molecule has 35 heavy (non-hydrogen) atoms. The van der Waals surface area contributed by atoms with E-state index in [4.69, 9.17) is 11.5 Å². The number of carbonyl (C=O) groups is 1. The molecule has 9 heteroatoms. The van der Waals surface area contributed by atoms with Gasteiger partial charge in [-0.3, -0.25) is 14.8 Å². The van der Waals surface area contributed by atoms with E-state index in [0.717, 1.165) is 53.6 Å². The Hall–Kier alpha value is -4.11. The number of nitrogens with two attached hydrogens (primary N) is 2. The number of nitrogens with one attached hydrogen (secondary N) is 2. The fourth-order valence-corrected chi connectivity index (χ4v) is 4.55. The van der Waals surface area contributed by atoms with Crippen LogP contribution in [0.3, 0.4) is 0 Å². The van der Waals surface area contributed by atoms with Crippen LogP contribution in [-0.4, -0.2) is 32.9 Å². The van der Waals surface area contributed by atoms with Crippen molar-refractivity contribution in [1.29, 1.82) is 0 Å². The molecule has 5 rings (SSSR count). The van der Waals surface area contributed by atoms with Crippen molar-refractivity contribution in [3.8, 4) is 11.1 Å². The molecule has 1 aromatic carbocycles. The van der Waals surface area contributed by atoms with E-state index in [-0.39, 0.29) is 29.3 Å². The first-order valence-electron chi connectivity index (χ1n) is 11.6. The maximum absolute atomic E-state index is 14.8. The molecule has 0 saturated heterocycles. The summed E-state index contributed by atoms with van der Waals surface area (Å²) in [6.45, 7) is 0. The van der Waals surface area contributed by atoms with E-state index >= 15 is 0 Å². The van der Waals surface area contributed by atoms with E-state index in [0.29, 0.717) is 5.69 Å². The van der Waals surface area contributed by atoms with Crippen molar-refractivity contribution in [2.75, 3.05) is 10.6 Å². The molecule has 1 aliphatic carbocycles. The average molecular weight is 472 g/mol. The maximum Gasteiger partial charge on any atom is 0.252 e. The van der Waals surface area contributed by atoms with Gasteiger partial charge in [-0.15, -0.1) is 0 Å². The van der Waals surface area contributed by atoms with Crippen molar-refractivity contribution in [3.05, 3.63) is 72.6 Å². The van der Waals surface area contributed by atoms with E-state index < -0.39 is 11.7 Å². The predicted molar refractivity (Wildman–Crippen MR) is 135 cm³/mol. The third kappa shape index (κ3) is 4.76. The maximum atomic E-state index is 14.8. The van der Waals surface area contributed by atoms with Gasteiger partial charge in [-0.25, -0.2) is 9.37 Å². The number of hydrogen-bond acceptors (Lipinski definition) is 7. The molecule has 178 valence electrons. The largest absolute Gasteiger partial charge is 0.365 e. The summed E-state index contributed by atoms with van der Waals surface area (Å²) in [6, 6.07) is 10.7. The number of nitrogens with zero attached hydrogens (tertiary/aromatic N) is 3. The Labute approximate surface area is 202 Å². The lowest BCUT2D eigenvalue weighted by Crippen LogP contribution is -2.43. The van der Waals surface area contributed by atoms with E-state index in [2.05, 4.69) is 25.6 Å². The van der Waals surface area contributed by atoms with Gasteiger partial charge in [-0.1, -0.05) is 31.0 Å². The number of rotatable bonds is 6. The summed E-state index contributed by atoms with van der Waals surface area (Å²) >= 11 is 0. The van der Waals surface area contributed by atoms with Crippen LogP contribution in [0.25, 0.3) is 21.9 Å². The zero-order valence-electron chi connectivity index (χ0n) is 19.0. The number of fused-ring (bicyclic) bond motifs is 1. The van der Waals surface area contributed by atoms with E-state index in [1.807, 2.05) is 36.5 Å². The Morgan fingerprint density at radius 3 is 2.71 bits per heavy atom. The minimum absolute atomic E-state index is 0.0329. The van der Waals surface area contributed by atoms with Crippen LogP contribution in [0.4, 0.5) is 21.7 Å². The monoisotopic (exact) mass is 471 g/mol. The third-order valence-electron chi connectivity index (χ3n) is 6.38. The van der Waals surface area contributed by atoms with Crippen LogP contribution < -0.4 is 22.1 Å². The summed E-state index contributed by atoms with van der Waals surface area (Å²) in [4.78, 5) is 25.0. The molecular formula is C26H26FN7O. The molecule has 0 bridgehead atoms. The molecule has 0 spiro atoms. The SMILES string of the molecule is NC(=O)c1cc(F)c(NC2CCCCC2N)nc1Nc1cncc(-c2cccc3cnccc23)c1. The highest BCUT2D eigenvalue weighted by atomic mass is 19.1. The molecule has 1 saturated carbocycles. The molecule has 8 nitrogen and oxygen atoms in total. The lowest BCUT2D eigenvalue weighted by atomic mass is 9.91. The molecule has 4 aromatic rings. The Morgan fingerprint density at radius 1 is 1.03 bits per heavy atom. The van der Waals surface area contributed by atoms with Gasteiger partial charge in [0.05, 0.1) is 17.4 Å². The van der Waals surface area contributed by atoms with Gasteiger partial charge in [0.25, 0.3) is 5.91 Å². The molecule has 0 radical (unpaired) electrons. The molecule has 1 amide bonds. The van der Waals surface area contributed by atoms with E-state index in [1.54, 1.807) is 18.6 Å². The van der Waals surface area contributed by atoms with Crippen LogP contribution in [0.15, 0.2) is 61.2 Å². The summed E-state index contributed by atoms with van der Waals surface area (Å²) in [5.41, 5.74) is 14.1. The molecule has 2 atom stereocenters. The summed E-state index contributed by atoms with van der Waals surface area (Å²) in [5, 5.41) is 8.27. The zero-order valence-corrected chi connectivity index (χ0v) is 19.0. The smallest absolute Gasteiger partial charge is 0.252 e. The standard InChI is InChI=1S/C26H26FN7O/c27-21-11-20(24(29)35)25(34-26(21)33-23-7-2-1-6-22(23)28)32-17-10-16(13-31-14-17)18-5-3-4-15-12-30-9-8-19(15)18/h3-5,8-14,22-23H,1-2,6-7,28H2,(H2,29,35)(H2,32,33,34). The molecule has 3 aromatic heterocycles. The Balaban J connectivity index is 1.49. The van der Waals surface area contributed by atoms with Gasteiger partial charge in [-0.05, 0) is 42.0 Å². The highest BCUT2D eigenvalue weighted by Gasteiger charge is 2.24. The van der Waals surface area contributed by atoms with Crippen LogP contribution >= 0.6 is 0 Å². The van der Waals surface area contributed by atoms with Crippen molar-refractivity contribution in [2.24, 2.45) is 11.5 Å². The average Bonchev–Trinajstić information content (AvgIpc) is 2.87. The van der Waals surface area contributed by atoms with Crippen LogP contribution in [0.5, 0.6) is 0 Å². The van der Waals surface area contributed by atoms with Crippen molar-refractivity contribution >= 4 is 34.0 Å². The van der Waals surface area contributed by atoms with Crippen molar-refractivity contribution in [3.63, 3.8) is 0 Å². The van der Waals surface area contributed by atoms with Crippen LogP contribution in [0.1, 0.15) is 36.0 Å². The number of carbonyl (C=O) groups excluding carboxylic acids is 1. The molecule has 0 aliphatic heterocycles. The third-order valence-corrected chi connectivity index (χ3v) is 6.38. The minimum Gasteiger partial charge on any atom is -0.365 e. The molecule has 6 N–H and O–H groups in total. The summed E-state index contributed by atoms with van der Waals surface area (Å²) in [6.07, 6.45) is 10.7. The number of anilines is 3. The molecule has 2 unspecified atom stereocenters. The Kier molecular flexibility index (Phi) is 6.24. The van der Waals surface area contributed by atoms with Gasteiger partial charge in [0.2, 0.25) is 0 Å². The molecule has 1 fully saturated rings. The quantitative estimate of drug-likeness (QED) is 0.329. The number of benzene rings is 1. The van der Waals surface area contributed by atoms with Crippen LogP contribution in [-0.2, 0) is 0 Å². The zero-order chi connectivity index (χ0) is 24.4. The fraction of sp³-hybridized carbons (Fsp3) is 0.231. The van der Waals surface area contributed by atoms with Gasteiger partial charge >= 0.3 is 0 Å². The number of halogens is 1. The first-order valence-corrected chi connectivity index (χ1v) is 11.6. The summed E-state index contributed by atoms with van der Waals surface area (Å²) in [5.74, 6) is -1.26. The topological polar surface area (TPSA) is 132 Å². The predicted octanol–water partition coefficient (Wildman–Crippen LogP) is 4.36. The normalized spacial score (nSPS) is 17.8. The second kappa shape index (κ2) is 9.63. The number of aromatic nitrogens is 3. The molecular weight excluding hydrogens is 445 g/mol. The highest BCUT2D eigenvalue weighted by molar-refractivity contribution is 5.99. The van der Waals surface area contributed by atoms with Gasteiger partial charge in [0.15, 0.2) is 11.6 Å². The summed E-state index contributed by atoms with van der Waals surface area (Å²) in [7, 11) is 0. The fourth-order valence-electron chi connectivity index (χ4n) is 4.55. The van der Waals surface area contributed by atoms with Crippen molar-refractivity contribution in [2.45, 2.75) is 37.8 Å². The lowest BCUT2D eigenvalue weighted by Gasteiger charge is -2.30. The lowest BCUT2D eigenvalue weighted by molar-refractivity contribution is 0.100. The van der Waals surface area contributed by atoms with Gasteiger partial charge in [-0.2, -0.15) is 0 Å². The van der Waals surface area contributed by atoms with Crippen LogP contribution in [0, 0.1) is 5.82 Å². The van der Waals surface area contributed by atoms with Gasteiger partial charge < -0.3 is 22.1 Å². The highest BCUT2D eigenvalue weighted by Crippen LogP contribution is 2.31. The minimum atomic E-state index is -0.787. The molecule has 3 heterocycles. The Morgan fingerprint density at radius 2 is 1.89 bits per heavy atom. The molecule has 1 aliphatic rings. The van der Waals surface area contributed by atoms with E-state index in [9.17, 15) is 9.18 Å². The van der Waals surface area contributed by atoms with Gasteiger partial charge in [0, 0.05) is 41.6 Å². The number of primary amides is 1. The van der Waals surface area contributed by atoms with Crippen molar-refractivity contribution in [1.82, 2.24) is 15.0 Å². The number of pyridine rings is 3. The first-order chi connectivity index (χ1) is 17.0. The second-order valence-corrected chi connectivity index (χ2v) is 8.77. The first kappa shape index (κ1) is 22.7. The number of amides is 1. The van der Waals surface area contributed by atoms with Gasteiger partial charge in [0.1, 0.15) is 5.82 Å². The number of hydrogen-bond donors (Lipinski definition) is 4. The Bertz CT molecular complexity index is 1390. The van der Waals surface area contributed by atoms with E-state index in [1.165, 1.54) is 0 Å². The van der Waals surface area contributed by atoms with Crippen LogP contribution in [0.2, 0.25) is 0 Å². The summed E-state index contributed by atoms with van der Waals surface area (Å²) < 4.78 is 14.8. The second-order valence-electron chi connectivity index (χ2n) is 8.77.